The average molecular weight is 435 g/mol. The molecule has 0 heterocycles. The summed E-state index contributed by atoms with van der Waals surface area (Å²) in [5.74, 6) is 4.12. The summed E-state index contributed by atoms with van der Waals surface area (Å²) < 4.78 is 0. The minimum atomic E-state index is 0.484. The van der Waals surface area contributed by atoms with E-state index in [0.717, 1.165) is 12.0 Å². The first-order chi connectivity index (χ1) is 15.9. The van der Waals surface area contributed by atoms with Gasteiger partial charge in [0.15, 0.2) is 0 Å². The molecule has 0 heteroatoms. The molecule has 1 unspecified atom stereocenters. The van der Waals surface area contributed by atoms with Crippen molar-refractivity contribution in [2.24, 2.45) is 11.3 Å². The quantitative estimate of drug-likeness (QED) is 0.339. The third-order valence-electron chi connectivity index (χ3n) is 7.93. The Hall–Kier alpha value is -2.78. The van der Waals surface area contributed by atoms with Crippen LogP contribution in [-0.2, 0) is 12.8 Å². The molecule has 0 N–H and O–H groups in total. The molecule has 0 aromatic heterocycles. The van der Waals surface area contributed by atoms with Gasteiger partial charge in [0.25, 0.3) is 0 Å². The van der Waals surface area contributed by atoms with E-state index in [-0.39, 0.29) is 0 Å². The first-order valence-electron chi connectivity index (χ1n) is 12.7. The molecule has 3 aromatic carbocycles. The van der Waals surface area contributed by atoms with Crippen molar-refractivity contribution in [3.8, 4) is 34.6 Å². The van der Waals surface area contributed by atoms with Crippen LogP contribution in [-0.4, -0.2) is 0 Å². The van der Waals surface area contributed by atoms with Crippen LogP contribution in [0.4, 0.5) is 0 Å². The normalized spacial score (nSPS) is 16.9. The predicted molar refractivity (Wildman–Crippen MR) is 144 cm³/mol. The zero-order valence-corrected chi connectivity index (χ0v) is 21.0. The summed E-state index contributed by atoms with van der Waals surface area (Å²) in [6, 6.07) is 22.7. The van der Waals surface area contributed by atoms with Gasteiger partial charge in [-0.2, -0.15) is 0 Å². The molecule has 0 spiro atoms. The van der Waals surface area contributed by atoms with Crippen molar-refractivity contribution >= 4 is 0 Å². The standard InChI is InChI=1S/C33H38/c1-7-25-19-29(15-14-28(25)18-23(4)5)26-10-12-27(13-11-26)30-16-17-31-22-33(8-2,9-3)21-24(6)32(31)20-30/h1,10-17,19-20,23-24H,8-9,18,21-22H2,2-6H3. The van der Waals surface area contributed by atoms with Gasteiger partial charge < -0.3 is 0 Å². The van der Waals surface area contributed by atoms with Gasteiger partial charge in [-0.1, -0.05) is 108 Å². The van der Waals surface area contributed by atoms with Crippen molar-refractivity contribution in [3.63, 3.8) is 0 Å². The largest absolute Gasteiger partial charge is 0.115 e. The van der Waals surface area contributed by atoms with Gasteiger partial charge in [-0.05, 0) is 81.5 Å². The Balaban J connectivity index is 1.60. The molecule has 33 heavy (non-hydrogen) atoms. The lowest BCUT2D eigenvalue weighted by molar-refractivity contribution is 0.206. The molecule has 0 amide bonds. The van der Waals surface area contributed by atoms with E-state index >= 15 is 0 Å². The Kier molecular flexibility index (Phi) is 6.81. The summed E-state index contributed by atoms with van der Waals surface area (Å²) in [7, 11) is 0. The maximum atomic E-state index is 5.82. The molecule has 170 valence electrons. The molecule has 3 aromatic rings. The highest BCUT2D eigenvalue weighted by Gasteiger charge is 2.34. The second-order valence-electron chi connectivity index (χ2n) is 10.6. The third-order valence-corrected chi connectivity index (χ3v) is 7.93. The lowest BCUT2D eigenvalue weighted by Crippen LogP contribution is -2.29. The van der Waals surface area contributed by atoms with E-state index in [9.17, 15) is 0 Å². The molecule has 1 aliphatic carbocycles. The van der Waals surface area contributed by atoms with Gasteiger partial charge in [0.05, 0.1) is 0 Å². The van der Waals surface area contributed by atoms with Crippen LogP contribution >= 0.6 is 0 Å². The first kappa shape index (κ1) is 23.4. The Labute approximate surface area is 201 Å². The third kappa shape index (κ3) is 4.79. The van der Waals surface area contributed by atoms with Gasteiger partial charge >= 0.3 is 0 Å². The van der Waals surface area contributed by atoms with Gasteiger partial charge in [0.2, 0.25) is 0 Å². The zero-order chi connectivity index (χ0) is 23.6. The molecule has 0 radical (unpaired) electrons. The fraction of sp³-hybridized carbons (Fsp3) is 0.394. The average Bonchev–Trinajstić information content (AvgIpc) is 2.83. The van der Waals surface area contributed by atoms with Crippen LogP contribution in [0.1, 0.15) is 82.1 Å². The molecule has 0 aliphatic heterocycles. The second-order valence-corrected chi connectivity index (χ2v) is 10.6. The SMILES string of the molecule is C#Cc1cc(-c2ccc(-c3ccc4c(c3)C(C)CC(CC)(CC)C4)cc2)ccc1CC(C)C. The number of hydrogen-bond donors (Lipinski definition) is 0. The van der Waals surface area contributed by atoms with Crippen molar-refractivity contribution in [3.05, 3.63) is 82.9 Å². The highest BCUT2D eigenvalue weighted by Crippen LogP contribution is 2.47. The number of rotatable bonds is 6. The van der Waals surface area contributed by atoms with E-state index in [1.807, 2.05) is 0 Å². The van der Waals surface area contributed by atoms with Crippen molar-refractivity contribution in [2.45, 2.75) is 72.6 Å². The monoisotopic (exact) mass is 434 g/mol. The van der Waals surface area contributed by atoms with Crippen molar-refractivity contribution in [1.82, 2.24) is 0 Å². The van der Waals surface area contributed by atoms with Crippen molar-refractivity contribution in [2.75, 3.05) is 0 Å². The molecule has 0 saturated carbocycles. The summed E-state index contributed by atoms with van der Waals surface area (Å²) >= 11 is 0. The van der Waals surface area contributed by atoms with E-state index in [1.165, 1.54) is 53.5 Å². The number of fused-ring (bicyclic) bond motifs is 1. The molecule has 0 saturated heterocycles. The fourth-order valence-electron chi connectivity index (χ4n) is 5.78. The van der Waals surface area contributed by atoms with Crippen LogP contribution < -0.4 is 0 Å². The summed E-state index contributed by atoms with van der Waals surface area (Å²) in [6.45, 7) is 11.6. The minimum absolute atomic E-state index is 0.484. The molecule has 0 fully saturated rings. The lowest BCUT2D eigenvalue weighted by Gasteiger charge is -2.40. The highest BCUT2D eigenvalue weighted by molar-refractivity contribution is 5.72. The van der Waals surface area contributed by atoms with E-state index in [0.29, 0.717) is 17.3 Å². The summed E-state index contributed by atoms with van der Waals surface area (Å²) in [4.78, 5) is 0. The van der Waals surface area contributed by atoms with E-state index in [4.69, 9.17) is 6.42 Å². The van der Waals surface area contributed by atoms with Crippen molar-refractivity contribution < 1.29 is 0 Å². The Morgan fingerprint density at radius 2 is 1.45 bits per heavy atom. The van der Waals surface area contributed by atoms with Crippen LogP contribution in [0.5, 0.6) is 0 Å². The maximum Gasteiger partial charge on any atom is 0.0280 e. The van der Waals surface area contributed by atoms with Gasteiger partial charge in [-0.25, -0.2) is 0 Å². The van der Waals surface area contributed by atoms with Gasteiger partial charge in [0, 0.05) is 5.56 Å². The van der Waals surface area contributed by atoms with E-state index in [1.54, 1.807) is 11.1 Å². The molecular weight excluding hydrogens is 396 g/mol. The van der Waals surface area contributed by atoms with E-state index < -0.39 is 0 Å². The van der Waals surface area contributed by atoms with Crippen molar-refractivity contribution in [1.29, 1.82) is 0 Å². The second kappa shape index (κ2) is 9.61. The van der Waals surface area contributed by atoms with Crippen LogP contribution in [0, 0.1) is 23.7 Å². The van der Waals surface area contributed by atoms with Crippen LogP contribution in [0.2, 0.25) is 0 Å². The number of benzene rings is 3. The van der Waals surface area contributed by atoms with Crippen LogP contribution in [0.25, 0.3) is 22.3 Å². The Morgan fingerprint density at radius 1 is 0.879 bits per heavy atom. The molecule has 4 rings (SSSR count). The zero-order valence-electron chi connectivity index (χ0n) is 21.0. The highest BCUT2D eigenvalue weighted by atomic mass is 14.4. The fourth-order valence-corrected chi connectivity index (χ4v) is 5.78. The molecular formula is C33H38. The predicted octanol–water partition coefficient (Wildman–Crippen LogP) is 9.06. The minimum Gasteiger partial charge on any atom is -0.115 e. The summed E-state index contributed by atoms with van der Waals surface area (Å²) in [5.41, 5.74) is 10.9. The Morgan fingerprint density at radius 3 is 2.03 bits per heavy atom. The molecule has 1 atom stereocenters. The van der Waals surface area contributed by atoms with E-state index in [2.05, 4.69) is 101 Å². The number of hydrogen-bond acceptors (Lipinski definition) is 0. The van der Waals surface area contributed by atoms with Crippen LogP contribution in [0.3, 0.4) is 0 Å². The smallest absolute Gasteiger partial charge is 0.0280 e. The molecule has 0 bridgehead atoms. The lowest BCUT2D eigenvalue weighted by atomic mass is 9.64. The Bertz CT molecular complexity index is 1150. The van der Waals surface area contributed by atoms with Gasteiger partial charge in [-0.15, -0.1) is 6.42 Å². The number of terminal acetylenes is 1. The van der Waals surface area contributed by atoms with Gasteiger partial charge in [-0.3, -0.25) is 0 Å². The maximum absolute atomic E-state index is 5.82. The van der Waals surface area contributed by atoms with Gasteiger partial charge in [0.1, 0.15) is 0 Å². The topological polar surface area (TPSA) is 0 Å². The summed E-state index contributed by atoms with van der Waals surface area (Å²) in [5, 5.41) is 0. The molecule has 1 aliphatic rings. The first-order valence-corrected chi connectivity index (χ1v) is 12.7. The van der Waals surface area contributed by atoms with Crippen LogP contribution in [0.15, 0.2) is 60.7 Å². The molecule has 0 nitrogen and oxygen atoms in total. The summed E-state index contributed by atoms with van der Waals surface area (Å²) in [6.07, 6.45) is 11.9.